The second-order valence-electron chi connectivity index (χ2n) is 7.90. The van der Waals surface area contributed by atoms with Crippen molar-refractivity contribution in [3.8, 4) is 5.75 Å². The van der Waals surface area contributed by atoms with Gasteiger partial charge in [0.2, 0.25) is 5.91 Å². The number of aromatic nitrogens is 1. The number of hydrogen-bond donors (Lipinski definition) is 1. The van der Waals surface area contributed by atoms with Crippen molar-refractivity contribution in [2.75, 3.05) is 19.7 Å². The molecule has 0 aliphatic carbocycles. The van der Waals surface area contributed by atoms with Gasteiger partial charge >= 0.3 is 0 Å². The Hall–Kier alpha value is -2.96. The van der Waals surface area contributed by atoms with Gasteiger partial charge in [0.25, 0.3) is 0 Å². The maximum absolute atomic E-state index is 11.9. The van der Waals surface area contributed by atoms with Crippen LogP contribution in [0.5, 0.6) is 5.75 Å². The quantitative estimate of drug-likeness (QED) is 0.367. The van der Waals surface area contributed by atoms with Crippen molar-refractivity contribution in [2.45, 2.75) is 31.8 Å². The van der Waals surface area contributed by atoms with E-state index in [1.165, 1.54) is 30.4 Å². The fourth-order valence-corrected chi connectivity index (χ4v) is 4.62. The van der Waals surface area contributed by atoms with Crippen LogP contribution < -0.4 is 10.1 Å². The molecule has 1 fully saturated rings. The summed E-state index contributed by atoms with van der Waals surface area (Å²) < 4.78 is 5.78. The van der Waals surface area contributed by atoms with Gasteiger partial charge < -0.3 is 10.1 Å². The van der Waals surface area contributed by atoms with Crippen LogP contribution in [0.15, 0.2) is 72.4 Å². The first-order valence-electron chi connectivity index (χ1n) is 11.1. The van der Waals surface area contributed by atoms with Gasteiger partial charge in [-0.3, -0.25) is 14.7 Å². The van der Waals surface area contributed by atoms with Gasteiger partial charge in [0.15, 0.2) is 0 Å². The van der Waals surface area contributed by atoms with Gasteiger partial charge in [-0.1, -0.05) is 30.7 Å². The molecule has 2 aromatic heterocycles. The van der Waals surface area contributed by atoms with Gasteiger partial charge in [0.05, 0.1) is 6.54 Å². The Kier molecular flexibility index (Phi) is 8.06. The van der Waals surface area contributed by atoms with E-state index in [-0.39, 0.29) is 5.91 Å². The predicted molar refractivity (Wildman–Crippen MR) is 130 cm³/mol. The normalized spacial score (nSPS) is 16.8. The molecular formula is C26H29N3O2S. The number of likely N-dealkylation sites (tertiary alicyclic amines) is 1. The Labute approximate surface area is 193 Å². The van der Waals surface area contributed by atoms with Crippen molar-refractivity contribution in [2.24, 2.45) is 0 Å². The Morgan fingerprint density at radius 2 is 2.09 bits per heavy atom. The van der Waals surface area contributed by atoms with Crippen LogP contribution >= 0.6 is 11.3 Å². The largest absolute Gasteiger partial charge is 0.492 e. The summed E-state index contributed by atoms with van der Waals surface area (Å²) in [4.78, 5) is 19.8. The lowest BCUT2D eigenvalue weighted by Gasteiger charge is -2.36. The fourth-order valence-electron chi connectivity index (χ4n) is 4.00. The highest BCUT2D eigenvalue weighted by Gasteiger charge is 2.24. The molecule has 5 nitrogen and oxygen atoms in total. The molecule has 166 valence electrons. The molecule has 6 heteroatoms. The molecule has 1 aliphatic heterocycles. The molecule has 32 heavy (non-hydrogen) atoms. The van der Waals surface area contributed by atoms with Crippen molar-refractivity contribution in [3.63, 3.8) is 0 Å². The maximum atomic E-state index is 11.9. The molecule has 0 saturated carbocycles. The third-order valence-electron chi connectivity index (χ3n) is 5.60. The number of nitrogens with one attached hydrogen (secondary N) is 1. The van der Waals surface area contributed by atoms with Crippen LogP contribution in [-0.2, 0) is 11.3 Å². The molecule has 4 rings (SSSR count). The van der Waals surface area contributed by atoms with Crippen LogP contribution in [0.4, 0.5) is 0 Å². The highest BCUT2D eigenvalue weighted by atomic mass is 32.1. The number of rotatable bonds is 9. The lowest BCUT2D eigenvalue weighted by atomic mass is 9.96. The van der Waals surface area contributed by atoms with E-state index in [1.54, 1.807) is 17.4 Å². The molecule has 1 aromatic carbocycles. The molecule has 3 aromatic rings. The summed E-state index contributed by atoms with van der Waals surface area (Å²) in [5.41, 5.74) is 2.58. The summed E-state index contributed by atoms with van der Waals surface area (Å²) in [6.07, 6.45) is 10.9. The zero-order chi connectivity index (χ0) is 22.0. The average molecular weight is 448 g/mol. The molecule has 0 bridgehead atoms. The number of pyridine rings is 1. The van der Waals surface area contributed by atoms with Crippen LogP contribution in [0.3, 0.4) is 0 Å². The van der Waals surface area contributed by atoms with Crippen molar-refractivity contribution in [3.05, 3.63) is 88.4 Å². The zero-order valence-corrected chi connectivity index (χ0v) is 19.0. The summed E-state index contributed by atoms with van der Waals surface area (Å²) in [5, 5.41) is 4.83. The molecule has 1 atom stereocenters. The number of benzene rings is 1. The first-order chi connectivity index (χ1) is 15.8. The third-order valence-corrected chi connectivity index (χ3v) is 6.44. The van der Waals surface area contributed by atoms with E-state index in [0.29, 0.717) is 19.2 Å². The maximum Gasteiger partial charge on any atom is 0.244 e. The van der Waals surface area contributed by atoms with Gasteiger partial charge in [-0.15, -0.1) is 11.3 Å². The second-order valence-corrected chi connectivity index (χ2v) is 8.88. The Balaban J connectivity index is 1.22. The standard InChI is InChI=1S/C26H29N3O2S/c30-26(13-12-24-6-4-18-32-24)28-15-17-31-23-10-8-21(9-11-23)20-29-16-2-1-7-25(29)22-5-3-14-27-19-22/h3-6,8-14,18-19,25H,1-2,7,15-17,20H2,(H,28,30)/b13-12+/t25-/m0/s1. The average Bonchev–Trinajstić information content (AvgIpc) is 3.36. The predicted octanol–water partition coefficient (Wildman–Crippen LogP) is 5.08. The number of ether oxygens (including phenoxy) is 1. The number of nitrogens with zero attached hydrogens (tertiary/aromatic N) is 2. The minimum Gasteiger partial charge on any atom is -0.492 e. The lowest BCUT2D eigenvalue weighted by molar-refractivity contribution is -0.116. The van der Waals surface area contributed by atoms with Gasteiger partial charge in [0, 0.05) is 35.9 Å². The molecule has 1 amide bonds. The summed E-state index contributed by atoms with van der Waals surface area (Å²) in [5.74, 6) is 0.710. The molecular weight excluding hydrogens is 418 g/mol. The summed E-state index contributed by atoms with van der Waals surface area (Å²) in [6, 6.07) is 16.9. The SMILES string of the molecule is O=C(/C=C/c1cccs1)NCCOc1ccc(CN2CCCC[C@H]2c2cccnc2)cc1. The first-order valence-corrected chi connectivity index (χ1v) is 12.0. The molecule has 1 saturated heterocycles. The third kappa shape index (κ3) is 6.52. The second kappa shape index (κ2) is 11.6. The first kappa shape index (κ1) is 22.2. The van der Waals surface area contributed by atoms with E-state index in [4.69, 9.17) is 4.74 Å². The Morgan fingerprint density at radius 3 is 2.88 bits per heavy atom. The van der Waals surface area contributed by atoms with E-state index in [2.05, 4.69) is 33.4 Å². The monoisotopic (exact) mass is 447 g/mol. The smallest absolute Gasteiger partial charge is 0.244 e. The zero-order valence-electron chi connectivity index (χ0n) is 18.2. The molecule has 1 aliphatic rings. The summed E-state index contributed by atoms with van der Waals surface area (Å²) in [7, 11) is 0. The minimum atomic E-state index is -0.109. The summed E-state index contributed by atoms with van der Waals surface area (Å²) >= 11 is 1.60. The molecule has 3 heterocycles. The molecule has 0 spiro atoms. The summed E-state index contributed by atoms with van der Waals surface area (Å²) in [6.45, 7) is 2.94. The van der Waals surface area contributed by atoms with E-state index < -0.39 is 0 Å². The van der Waals surface area contributed by atoms with Crippen molar-refractivity contribution in [1.29, 1.82) is 0 Å². The number of thiophene rings is 1. The highest BCUT2D eigenvalue weighted by Crippen LogP contribution is 2.31. The van der Waals surface area contributed by atoms with E-state index in [0.717, 1.165) is 23.7 Å². The molecule has 0 unspecified atom stereocenters. The van der Waals surface area contributed by atoms with E-state index >= 15 is 0 Å². The molecule has 0 radical (unpaired) electrons. The van der Waals surface area contributed by atoms with Crippen LogP contribution in [0, 0.1) is 0 Å². The Morgan fingerprint density at radius 1 is 1.19 bits per heavy atom. The number of piperidine rings is 1. The molecule has 1 N–H and O–H groups in total. The van der Waals surface area contributed by atoms with E-state index in [1.807, 2.05) is 54.2 Å². The van der Waals surface area contributed by atoms with Crippen LogP contribution in [0.1, 0.15) is 41.3 Å². The topological polar surface area (TPSA) is 54.5 Å². The van der Waals surface area contributed by atoms with Crippen molar-refractivity contribution in [1.82, 2.24) is 15.2 Å². The van der Waals surface area contributed by atoms with Gasteiger partial charge in [0.1, 0.15) is 12.4 Å². The van der Waals surface area contributed by atoms with Crippen molar-refractivity contribution >= 4 is 23.3 Å². The number of carbonyl (C=O) groups excluding carboxylic acids is 1. The van der Waals surface area contributed by atoms with Gasteiger partial charge in [-0.25, -0.2) is 0 Å². The number of hydrogen-bond acceptors (Lipinski definition) is 5. The number of amides is 1. The van der Waals surface area contributed by atoms with Crippen LogP contribution in [-0.4, -0.2) is 35.5 Å². The van der Waals surface area contributed by atoms with Crippen LogP contribution in [0.2, 0.25) is 0 Å². The minimum absolute atomic E-state index is 0.109. The van der Waals surface area contributed by atoms with Crippen LogP contribution in [0.25, 0.3) is 6.08 Å². The lowest BCUT2D eigenvalue weighted by Crippen LogP contribution is -2.32. The highest BCUT2D eigenvalue weighted by molar-refractivity contribution is 7.10. The van der Waals surface area contributed by atoms with Gasteiger partial charge in [-0.2, -0.15) is 0 Å². The fraction of sp³-hybridized carbons (Fsp3) is 0.308. The van der Waals surface area contributed by atoms with Gasteiger partial charge in [-0.05, 0) is 66.2 Å². The van der Waals surface area contributed by atoms with Crippen molar-refractivity contribution < 1.29 is 9.53 Å². The van der Waals surface area contributed by atoms with E-state index in [9.17, 15) is 4.79 Å². The number of carbonyl (C=O) groups is 1. The Bertz CT molecular complexity index is 988.